The number of hydrogen-bond acceptors (Lipinski definition) is 1. The maximum Gasteiger partial charge on any atom is 0.280 e. The minimum Gasteiger partial charge on any atom is -1.00 e. The lowest BCUT2D eigenvalue weighted by Gasteiger charge is -2.07. The molecule has 0 fully saturated rings. The number of halogens is 1. The first-order valence-electron chi connectivity index (χ1n) is 5.68. The summed E-state index contributed by atoms with van der Waals surface area (Å²) in [7, 11) is 4.09. The topological polar surface area (TPSA) is 7.12 Å². The molecule has 0 aliphatic heterocycles. The van der Waals surface area contributed by atoms with Crippen molar-refractivity contribution in [1.82, 2.24) is 0 Å². The Bertz CT molecular complexity index is 507. The van der Waals surface area contributed by atoms with Crippen molar-refractivity contribution in [3.05, 3.63) is 60.3 Å². The van der Waals surface area contributed by atoms with Crippen molar-refractivity contribution < 1.29 is 28.5 Å². The monoisotopic (exact) mass is 352 g/mol. The third kappa shape index (κ3) is 3.84. The Hall–Kier alpha value is -1.36. The Morgan fingerprint density at radius 1 is 0.944 bits per heavy atom. The van der Waals surface area contributed by atoms with Gasteiger partial charge in [0.2, 0.25) is 0 Å². The Balaban J connectivity index is 0.00000162. The van der Waals surface area contributed by atoms with E-state index in [9.17, 15) is 0 Å². The summed E-state index contributed by atoms with van der Waals surface area (Å²) in [5.74, 6) is 1.15. The molecule has 2 nitrogen and oxygen atoms in total. The fraction of sp³-hybridized carbons (Fsp3) is 0.133. The van der Waals surface area contributed by atoms with E-state index < -0.39 is 0 Å². The van der Waals surface area contributed by atoms with Gasteiger partial charge >= 0.3 is 0 Å². The van der Waals surface area contributed by atoms with Gasteiger partial charge in [0.1, 0.15) is 0 Å². The molecule has 18 heavy (non-hydrogen) atoms. The minimum absolute atomic E-state index is 0. The van der Waals surface area contributed by atoms with Gasteiger partial charge in [0.05, 0.1) is 26.5 Å². The van der Waals surface area contributed by atoms with Crippen molar-refractivity contribution in [2.75, 3.05) is 19.0 Å². The SMILES string of the molecule is CN(C)c1cccc[n+]1C=Cc1ccccc1.[I-]. The smallest absolute Gasteiger partial charge is 0.280 e. The van der Waals surface area contributed by atoms with Crippen LogP contribution >= 0.6 is 0 Å². The van der Waals surface area contributed by atoms with Crippen LogP contribution in [0.4, 0.5) is 5.82 Å². The molecular weight excluding hydrogens is 335 g/mol. The molecule has 1 aromatic heterocycles. The number of nitrogens with zero attached hydrogens (tertiary/aromatic N) is 2. The van der Waals surface area contributed by atoms with Gasteiger partial charge in [-0.1, -0.05) is 36.4 Å². The van der Waals surface area contributed by atoms with Crippen molar-refractivity contribution in [2.45, 2.75) is 0 Å². The van der Waals surface area contributed by atoms with Crippen LogP contribution in [0.15, 0.2) is 54.7 Å². The quantitative estimate of drug-likeness (QED) is 0.542. The zero-order chi connectivity index (χ0) is 12.1. The summed E-state index contributed by atoms with van der Waals surface area (Å²) in [6.45, 7) is 0. The lowest BCUT2D eigenvalue weighted by Crippen LogP contribution is -3.00. The van der Waals surface area contributed by atoms with Gasteiger partial charge in [0.25, 0.3) is 5.82 Å². The normalized spacial score (nSPS) is 10.1. The number of pyridine rings is 1. The van der Waals surface area contributed by atoms with Crippen LogP contribution < -0.4 is 33.4 Å². The summed E-state index contributed by atoms with van der Waals surface area (Å²) < 4.78 is 2.10. The summed E-state index contributed by atoms with van der Waals surface area (Å²) >= 11 is 0. The second kappa shape index (κ2) is 7.16. The predicted molar refractivity (Wildman–Crippen MR) is 72.6 cm³/mol. The zero-order valence-electron chi connectivity index (χ0n) is 10.6. The molecule has 1 aromatic carbocycles. The van der Waals surface area contributed by atoms with Crippen LogP contribution in [-0.2, 0) is 0 Å². The third-order valence-corrected chi connectivity index (χ3v) is 2.55. The molecule has 0 saturated carbocycles. The van der Waals surface area contributed by atoms with E-state index in [1.807, 2.05) is 44.4 Å². The van der Waals surface area contributed by atoms with Crippen molar-refractivity contribution in [1.29, 1.82) is 0 Å². The Kier molecular flexibility index (Phi) is 5.85. The van der Waals surface area contributed by atoms with Crippen molar-refractivity contribution in [3.63, 3.8) is 0 Å². The zero-order valence-corrected chi connectivity index (χ0v) is 12.8. The van der Waals surface area contributed by atoms with E-state index >= 15 is 0 Å². The molecule has 0 saturated heterocycles. The first-order valence-corrected chi connectivity index (χ1v) is 5.68. The standard InChI is InChI=1S/C15H17N2.HI/c1-16(2)15-10-6-7-12-17(15)13-11-14-8-4-3-5-9-14;/h3-13H,1-2H3;1H/q+1;/p-1. The molecule has 0 amide bonds. The number of hydrogen-bond donors (Lipinski definition) is 0. The fourth-order valence-corrected chi connectivity index (χ4v) is 1.68. The maximum absolute atomic E-state index is 2.10. The molecule has 3 heteroatoms. The number of anilines is 1. The largest absolute Gasteiger partial charge is 1.00 e. The van der Waals surface area contributed by atoms with Gasteiger partial charge < -0.3 is 24.0 Å². The van der Waals surface area contributed by atoms with E-state index in [0.717, 1.165) is 5.82 Å². The molecule has 0 bridgehead atoms. The van der Waals surface area contributed by atoms with Gasteiger partial charge in [-0.05, 0) is 17.7 Å². The summed E-state index contributed by atoms with van der Waals surface area (Å²) in [6, 6.07) is 16.5. The van der Waals surface area contributed by atoms with E-state index in [2.05, 4.69) is 46.1 Å². The average molecular weight is 352 g/mol. The van der Waals surface area contributed by atoms with E-state index in [1.54, 1.807) is 0 Å². The first kappa shape index (κ1) is 14.7. The highest BCUT2D eigenvalue weighted by molar-refractivity contribution is 5.57. The van der Waals surface area contributed by atoms with Crippen molar-refractivity contribution in [3.8, 4) is 0 Å². The van der Waals surface area contributed by atoms with Crippen LogP contribution in [0.5, 0.6) is 0 Å². The molecule has 0 aliphatic rings. The van der Waals surface area contributed by atoms with Crippen molar-refractivity contribution in [2.24, 2.45) is 0 Å². The van der Waals surface area contributed by atoms with Gasteiger partial charge in [-0.15, -0.1) is 0 Å². The van der Waals surface area contributed by atoms with E-state index in [-0.39, 0.29) is 24.0 Å². The van der Waals surface area contributed by atoms with E-state index in [1.165, 1.54) is 5.56 Å². The molecule has 0 atom stereocenters. The summed E-state index contributed by atoms with van der Waals surface area (Å²) in [5, 5.41) is 0. The van der Waals surface area contributed by atoms with Crippen LogP contribution in [0.25, 0.3) is 12.3 Å². The maximum atomic E-state index is 2.10. The lowest BCUT2D eigenvalue weighted by molar-refractivity contribution is -0.553. The number of benzene rings is 1. The molecule has 0 N–H and O–H groups in total. The molecule has 1 heterocycles. The summed E-state index contributed by atoms with van der Waals surface area (Å²) in [6.07, 6.45) is 6.23. The molecule has 0 radical (unpaired) electrons. The van der Waals surface area contributed by atoms with Crippen LogP contribution in [-0.4, -0.2) is 14.1 Å². The Morgan fingerprint density at radius 2 is 1.61 bits per heavy atom. The van der Waals surface area contributed by atoms with Gasteiger partial charge in [-0.25, -0.2) is 4.57 Å². The predicted octanol–water partition coefficient (Wildman–Crippen LogP) is -0.328. The summed E-state index contributed by atoms with van der Waals surface area (Å²) in [5.41, 5.74) is 1.20. The van der Waals surface area contributed by atoms with Gasteiger partial charge in [-0.3, -0.25) is 4.90 Å². The van der Waals surface area contributed by atoms with E-state index in [0.29, 0.717) is 0 Å². The molecular formula is C15H17IN2. The molecule has 2 aromatic rings. The van der Waals surface area contributed by atoms with Gasteiger partial charge in [0, 0.05) is 6.07 Å². The first-order chi connectivity index (χ1) is 8.27. The van der Waals surface area contributed by atoms with Crippen LogP contribution in [0, 0.1) is 0 Å². The van der Waals surface area contributed by atoms with E-state index in [4.69, 9.17) is 0 Å². The van der Waals surface area contributed by atoms with Crippen LogP contribution in [0.3, 0.4) is 0 Å². The van der Waals surface area contributed by atoms with Crippen LogP contribution in [0.1, 0.15) is 5.56 Å². The second-order valence-electron chi connectivity index (χ2n) is 4.09. The van der Waals surface area contributed by atoms with Gasteiger partial charge in [-0.2, -0.15) is 0 Å². The Labute approximate surface area is 126 Å². The highest BCUT2D eigenvalue weighted by atomic mass is 127. The molecule has 94 valence electrons. The molecule has 0 spiro atoms. The third-order valence-electron chi connectivity index (χ3n) is 2.55. The van der Waals surface area contributed by atoms with Crippen LogP contribution in [0.2, 0.25) is 0 Å². The summed E-state index contributed by atoms with van der Waals surface area (Å²) in [4.78, 5) is 2.09. The molecule has 2 rings (SSSR count). The Morgan fingerprint density at radius 3 is 2.28 bits per heavy atom. The minimum atomic E-state index is 0. The highest BCUT2D eigenvalue weighted by Crippen LogP contribution is 2.05. The molecule has 0 aliphatic carbocycles. The molecule has 0 unspecified atom stereocenters. The lowest BCUT2D eigenvalue weighted by atomic mass is 10.2. The number of rotatable bonds is 3. The fourth-order valence-electron chi connectivity index (χ4n) is 1.68. The van der Waals surface area contributed by atoms with Gasteiger partial charge in [0.15, 0.2) is 0 Å². The second-order valence-corrected chi connectivity index (χ2v) is 4.09. The average Bonchev–Trinajstić information content (AvgIpc) is 2.38. The van der Waals surface area contributed by atoms with Crippen molar-refractivity contribution >= 4 is 18.1 Å². The number of aromatic nitrogens is 1. The highest BCUT2D eigenvalue weighted by Gasteiger charge is 2.06.